The number of imidazole rings is 1. The molecule has 0 aliphatic carbocycles. The van der Waals surface area contributed by atoms with Crippen LogP contribution >= 0.6 is 0 Å². The third kappa shape index (κ3) is 3.96. The standard InChI is InChI=1S/C20H26N6O4/c1-23-8-10-25(11-9-23)19-21-17-16(18(28)22-20(29)24(17)2)26(19)12-14(27)13-30-15-6-4-3-5-7-15/h3-7,14,27H,8-13H2,1-2H3,(H,22,28,29)/t14-/m1/s1. The molecule has 30 heavy (non-hydrogen) atoms. The fourth-order valence-corrected chi connectivity index (χ4v) is 3.62. The normalized spacial score (nSPS) is 16.2. The molecule has 3 aromatic rings. The Hall–Kier alpha value is -3.11. The predicted octanol–water partition coefficient (Wildman–Crippen LogP) is -0.385. The molecule has 0 saturated carbocycles. The highest BCUT2D eigenvalue weighted by Gasteiger charge is 2.25. The molecule has 2 N–H and O–H groups in total. The van der Waals surface area contributed by atoms with Gasteiger partial charge in [0.1, 0.15) is 18.5 Å². The number of aliphatic hydroxyl groups excluding tert-OH is 1. The summed E-state index contributed by atoms with van der Waals surface area (Å²) in [7, 11) is 3.63. The number of ether oxygens (including phenoxy) is 1. The van der Waals surface area contributed by atoms with Gasteiger partial charge in [-0.25, -0.2) is 4.79 Å². The molecule has 3 heterocycles. The molecular weight excluding hydrogens is 388 g/mol. The highest BCUT2D eigenvalue weighted by Crippen LogP contribution is 2.21. The van der Waals surface area contributed by atoms with Gasteiger partial charge in [-0.3, -0.25) is 14.3 Å². The summed E-state index contributed by atoms with van der Waals surface area (Å²) in [5.41, 5.74) is -0.467. The van der Waals surface area contributed by atoms with Gasteiger partial charge in [0, 0.05) is 33.2 Å². The summed E-state index contributed by atoms with van der Waals surface area (Å²) in [6.07, 6.45) is -0.870. The topological polar surface area (TPSA) is 109 Å². The number of benzene rings is 1. The molecule has 0 bridgehead atoms. The zero-order chi connectivity index (χ0) is 21.3. The first kappa shape index (κ1) is 20.2. The number of aliphatic hydroxyl groups is 1. The number of hydrogen-bond donors (Lipinski definition) is 2. The summed E-state index contributed by atoms with van der Waals surface area (Å²) < 4.78 is 8.67. The maximum absolute atomic E-state index is 12.6. The first-order valence-electron chi connectivity index (χ1n) is 9.93. The minimum Gasteiger partial charge on any atom is -0.491 e. The van der Waals surface area contributed by atoms with Crippen molar-refractivity contribution in [2.45, 2.75) is 12.6 Å². The van der Waals surface area contributed by atoms with Gasteiger partial charge < -0.3 is 24.2 Å². The fraction of sp³-hybridized carbons (Fsp3) is 0.450. The van der Waals surface area contributed by atoms with Gasteiger partial charge in [0.25, 0.3) is 5.56 Å². The van der Waals surface area contributed by atoms with E-state index in [0.29, 0.717) is 17.3 Å². The van der Waals surface area contributed by atoms with E-state index in [2.05, 4.69) is 26.8 Å². The number of piperazine rings is 1. The molecule has 0 amide bonds. The lowest BCUT2D eigenvalue weighted by atomic mass is 10.3. The van der Waals surface area contributed by atoms with Gasteiger partial charge in [0.2, 0.25) is 5.95 Å². The Balaban J connectivity index is 1.67. The van der Waals surface area contributed by atoms with Gasteiger partial charge in [-0.15, -0.1) is 0 Å². The number of nitrogens with zero attached hydrogens (tertiary/aromatic N) is 5. The van der Waals surface area contributed by atoms with Crippen molar-refractivity contribution in [3.05, 3.63) is 51.2 Å². The Bertz CT molecular complexity index is 1130. The number of aromatic amines is 1. The Morgan fingerprint density at radius 1 is 1.13 bits per heavy atom. The number of fused-ring (bicyclic) bond motifs is 1. The SMILES string of the molecule is CN1CCN(c2nc3c(c(=O)[nH]c(=O)n3C)n2C[C@@H](O)COc2ccccc2)CC1. The maximum Gasteiger partial charge on any atom is 0.329 e. The van der Waals surface area contributed by atoms with Crippen molar-refractivity contribution >= 4 is 17.1 Å². The Morgan fingerprint density at radius 2 is 1.83 bits per heavy atom. The van der Waals surface area contributed by atoms with Crippen LogP contribution in [-0.2, 0) is 13.6 Å². The third-order valence-electron chi connectivity index (χ3n) is 5.35. The van der Waals surface area contributed by atoms with E-state index in [0.717, 1.165) is 26.2 Å². The van der Waals surface area contributed by atoms with Crippen molar-refractivity contribution in [2.24, 2.45) is 7.05 Å². The average molecular weight is 414 g/mol. The van der Waals surface area contributed by atoms with Gasteiger partial charge >= 0.3 is 5.69 Å². The molecule has 10 nitrogen and oxygen atoms in total. The fourth-order valence-electron chi connectivity index (χ4n) is 3.62. The number of likely N-dealkylation sites (N-methyl/N-ethyl adjacent to an activating group) is 1. The molecular formula is C20H26N6O4. The molecule has 1 atom stereocenters. The highest BCUT2D eigenvalue weighted by atomic mass is 16.5. The summed E-state index contributed by atoms with van der Waals surface area (Å²) >= 11 is 0. The summed E-state index contributed by atoms with van der Waals surface area (Å²) in [5.74, 6) is 1.23. The average Bonchev–Trinajstić information content (AvgIpc) is 3.12. The first-order chi connectivity index (χ1) is 14.4. The van der Waals surface area contributed by atoms with E-state index in [9.17, 15) is 14.7 Å². The van der Waals surface area contributed by atoms with Crippen LogP contribution in [0, 0.1) is 0 Å². The van der Waals surface area contributed by atoms with Gasteiger partial charge in [0.15, 0.2) is 11.2 Å². The smallest absolute Gasteiger partial charge is 0.329 e. The molecule has 1 aliphatic rings. The maximum atomic E-state index is 12.6. The summed E-state index contributed by atoms with van der Waals surface area (Å²) in [6.45, 7) is 3.38. The minimum atomic E-state index is -0.870. The lowest BCUT2D eigenvalue weighted by Gasteiger charge is -2.33. The van der Waals surface area contributed by atoms with E-state index < -0.39 is 17.4 Å². The second kappa shape index (κ2) is 8.33. The summed E-state index contributed by atoms with van der Waals surface area (Å²) in [4.78, 5) is 35.9. The van der Waals surface area contributed by atoms with Crippen molar-refractivity contribution in [3.8, 4) is 5.75 Å². The van der Waals surface area contributed by atoms with Crippen LogP contribution < -0.4 is 20.9 Å². The van der Waals surface area contributed by atoms with Crippen LogP contribution in [0.2, 0.25) is 0 Å². The summed E-state index contributed by atoms with van der Waals surface area (Å²) in [6, 6.07) is 9.23. The Morgan fingerprint density at radius 3 is 2.53 bits per heavy atom. The number of H-pyrrole nitrogens is 1. The zero-order valence-corrected chi connectivity index (χ0v) is 17.1. The highest BCUT2D eigenvalue weighted by molar-refractivity contribution is 5.74. The number of hydrogen-bond acceptors (Lipinski definition) is 7. The monoisotopic (exact) mass is 414 g/mol. The van der Waals surface area contributed by atoms with Crippen LogP contribution in [0.1, 0.15) is 0 Å². The van der Waals surface area contributed by atoms with Crippen LogP contribution in [-0.4, -0.2) is 75.0 Å². The molecule has 1 aromatic carbocycles. The molecule has 1 aliphatic heterocycles. The number of nitrogens with one attached hydrogen (secondary N) is 1. The first-order valence-corrected chi connectivity index (χ1v) is 9.93. The van der Waals surface area contributed by atoms with Gasteiger partial charge in [-0.2, -0.15) is 4.98 Å². The third-order valence-corrected chi connectivity index (χ3v) is 5.35. The van der Waals surface area contributed by atoms with Crippen LogP contribution in [0.15, 0.2) is 39.9 Å². The Kier molecular flexibility index (Phi) is 5.60. The molecule has 4 rings (SSSR count). The van der Waals surface area contributed by atoms with E-state index in [1.54, 1.807) is 11.6 Å². The number of anilines is 1. The lowest BCUT2D eigenvalue weighted by molar-refractivity contribution is 0.0935. The predicted molar refractivity (Wildman–Crippen MR) is 113 cm³/mol. The molecule has 2 aromatic heterocycles. The van der Waals surface area contributed by atoms with Crippen LogP contribution in [0.5, 0.6) is 5.75 Å². The van der Waals surface area contributed by atoms with E-state index in [1.807, 2.05) is 30.3 Å². The minimum absolute atomic E-state index is 0.0650. The molecule has 1 saturated heterocycles. The van der Waals surface area contributed by atoms with Gasteiger partial charge in [0.05, 0.1) is 6.54 Å². The lowest BCUT2D eigenvalue weighted by Crippen LogP contribution is -2.45. The van der Waals surface area contributed by atoms with E-state index in [-0.39, 0.29) is 18.7 Å². The number of aromatic nitrogens is 4. The second-order valence-electron chi connectivity index (χ2n) is 7.58. The number of rotatable bonds is 6. The second-order valence-corrected chi connectivity index (χ2v) is 7.58. The summed E-state index contributed by atoms with van der Waals surface area (Å²) in [5, 5.41) is 10.6. The van der Waals surface area contributed by atoms with Crippen LogP contribution in [0.3, 0.4) is 0 Å². The van der Waals surface area contributed by atoms with Crippen molar-refractivity contribution in [1.29, 1.82) is 0 Å². The van der Waals surface area contributed by atoms with Crippen molar-refractivity contribution in [2.75, 3.05) is 44.7 Å². The molecule has 160 valence electrons. The molecule has 0 radical (unpaired) electrons. The van der Waals surface area contributed by atoms with Gasteiger partial charge in [-0.1, -0.05) is 18.2 Å². The quantitative estimate of drug-likeness (QED) is 0.566. The largest absolute Gasteiger partial charge is 0.491 e. The van der Waals surface area contributed by atoms with Crippen LogP contribution in [0.4, 0.5) is 5.95 Å². The van der Waals surface area contributed by atoms with E-state index in [1.165, 1.54) is 4.57 Å². The van der Waals surface area contributed by atoms with Gasteiger partial charge in [-0.05, 0) is 19.2 Å². The van der Waals surface area contributed by atoms with Crippen LogP contribution in [0.25, 0.3) is 11.2 Å². The molecule has 0 unspecified atom stereocenters. The van der Waals surface area contributed by atoms with Crippen molar-refractivity contribution < 1.29 is 9.84 Å². The van der Waals surface area contributed by atoms with Crippen molar-refractivity contribution in [1.82, 2.24) is 24.0 Å². The van der Waals surface area contributed by atoms with Crippen molar-refractivity contribution in [3.63, 3.8) is 0 Å². The zero-order valence-electron chi connectivity index (χ0n) is 17.1. The molecule has 0 spiro atoms. The number of aryl methyl sites for hydroxylation is 1. The number of para-hydroxylation sites is 1. The molecule has 10 heteroatoms. The van der Waals surface area contributed by atoms with E-state index >= 15 is 0 Å². The molecule has 1 fully saturated rings. The Labute approximate surface area is 172 Å². The van der Waals surface area contributed by atoms with E-state index in [4.69, 9.17) is 4.74 Å².